The van der Waals surface area contributed by atoms with Crippen molar-refractivity contribution in [1.29, 1.82) is 0 Å². The lowest BCUT2D eigenvalue weighted by Crippen LogP contribution is -2.50. The van der Waals surface area contributed by atoms with Crippen molar-refractivity contribution >= 4 is 12.0 Å². The molecule has 0 bridgehead atoms. The summed E-state index contributed by atoms with van der Waals surface area (Å²) >= 11 is 0. The SMILES string of the molecule is CC1(NC(=O)NCC2(C(=O)O)CCOCC2)CC1. The van der Waals surface area contributed by atoms with Crippen LogP contribution in [0.3, 0.4) is 0 Å². The molecule has 2 amide bonds. The monoisotopic (exact) mass is 256 g/mol. The molecular formula is C12H20N2O4. The number of hydrogen-bond donors (Lipinski definition) is 3. The number of nitrogens with one attached hydrogen (secondary N) is 2. The summed E-state index contributed by atoms with van der Waals surface area (Å²) in [6.07, 6.45) is 2.86. The third kappa shape index (κ3) is 2.93. The molecule has 102 valence electrons. The summed E-state index contributed by atoms with van der Waals surface area (Å²) in [6, 6.07) is -0.276. The zero-order chi connectivity index (χ0) is 13.2. The topological polar surface area (TPSA) is 87.7 Å². The Morgan fingerprint density at radius 3 is 2.33 bits per heavy atom. The lowest BCUT2D eigenvalue weighted by Gasteiger charge is -2.33. The fourth-order valence-corrected chi connectivity index (χ4v) is 2.11. The van der Waals surface area contributed by atoms with Crippen LogP contribution in [-0.4, -0.2) is 42.4 Å². The maximum atomic E-state index is 11.7. The Morgan fingerprint density at radius 2 is 1.83 bits per heavy atom. The number of hydrogen-bond acceptors (Lipinski definition) is 3. The molecule has 2 fully saturated rings. The van der Waals surface area contributed by atoms with Gasteiger partial charge in [-0.05, 0) is 32.6 Å². The summed E-state index contributed by atoms with van der Waals surface area (Å²) in [7, 11) is 0. The number of carbonyl (C=O) groups excluding carboxylic acids is 1. The predicted octanol–water partition coefficient (Wildman–Crippen LogP) is 0.719. The number of rotatable bonds is 4. The van der Waals surface area contributed by atoms with Gasteiger partial charge in [-0.1, -0.05) is 0 Å². The molecule has 1 aliphatic carbocycles. The van der Waals surface area contributed by atoms with E-state index in [4.69, 9.17) is 4.74 Å². The molecule has 0 aromatic heterocycles. The molecule has 0 atom stereocenters. The van der Waals surface area contributed by atoms with Gasteiger partial charge in [0.2, 0.25) is 0 Å². The first-order chi connectivity index (χ1) is 8.46. The van der Waals surface area contributed by atoms with Crippen LogP contribution in [0.15, 0.2) is 0 Å². The minimum Gasteiger partial charge on any atom is -0.481 e. The molecule has 0 unspecified atom stereocenters. The lowest BCUT2D eigenvalue weighted by molar-refractivity contribution is -0.154. The van der Waals surface area contributed by atoms with Gasteiger partial charge in [-0.25, -0.2) is 4.79 Å². The van der Waals surface area contributed by atoms with E-state index in [1.54, 1.807) is 0 Å². The third-order valence-electron chi connectivity index (χ3n) is 3.91. The largest absolute Gasteiger partial charge is 0.481 e. The smallest absolute Gasteiger partial charge is 0.315 e. The molecule has 0 aromatic carbocycles. The second-order valence-corrected chi connectivity index (χ2v) is 5.57. The van der Waals surface area contributed by atoms with Gasteiger partial charge >= 0.3 is 12.0 Å². The predicted molar refractivity (Wildman–Crippen MR) is 64.3 cm³/mol. The summed E-state index contributed by atoms with van der Waals surface area (Å²) in [5.74, 6) is -0.858. The molecule has 1 heterocycles. The lowest BCUT2D eigenvalue weighted by atomic mass is 9.80. The van der Waals surface area contributed by atoms with E-state index in [-0.39, 0.29) is 18.1 Å². The van der Waals surface area contributed by atoms with E-state index in [1.807, 2.05) is 6.92 Å². The number of carboxylic acids is 1. The normalized spacial score (nSPS) is 24.1. The molecule has 0 aromatic rings. The highest BCUT2D eigenvalue weighted by Gasteiger charge is 2.42. The third-order valence-corrected chi connectivity index (χ3v) is 3.91. The highest BCUT2D eigenvalue weighted by molar-refractivity contribution is 5.78. The van der Waals surface area contributed by atoms with E-state index in [1.165, 1.54) is 0 Å². The van der Waals surface area contributed by atoms with E-state index in [0.717, 1.165) is 12.8 Å². The number of carboxylic acid groups (broad SMARTS) is 1. The standard InChI is InChI=1S/C12H20N2O4/c1-11(2-3-11)14-10(17)13-8-12(9(15)16)4-6-18-7-5-12/h2-8H2,1H3,(H,15,16)(H2,13,14,17). The van der Waals surface area contributed by atoms with E-state index in [9.17, 15) is 14.7 Å². The summed E-state index contributed by atoms with van der Waals surface area (Å²) in [4.78, 5) is 23.0. The van der Waals surface area contributed by atoms with Crippen molar-refractivity contribution in [1.82, 2.24) is 10.6 Å². The molecule has 0 spiro atoms. The quantitative estimate of drug-likeness (QED) is 0.691. The van der Waals surface area contributed by atoms with Crippen LogP contribution in [0.25, 0.3) is 0 Å². The minimum absolute atomic E-state index is 0.0872. The fourth-order valence-electron chi connectivity index (χ4n) is 2.11. The van der Waals surface area contributed by atoms with E-state index in [0.29, 0.717) is 26.1 Å². The van der Waals surface area contributed by atoms with E-state index in [2.05, 4.69) is 10.6 Å². The Balaban J connectivity index is 1.85. The molecule has 3 N–H and O–H groups in total. The molecule has 2 aliphatic rings. The molecule has 1 saturated heterocycles. The Kier molecular flexibility index (Phi) is 3.47. The van der Waals surface area contributed by atoms with Crippen LogP contribution >= 0.6 is 0 Å². The average molecular weight is 256 g/mol. The Hall–Kier alpha value is -1.30. The second-order valence-electron chi connectivity index (χ2n) is 5.57. The fraction of sp³-hybridized carbons (Fsp3) is 0.833. The first-order valence-corrected chi connectivity index (χ1v) is 6.33. The van der Waals surface area contributed by atoms with Crippen molar-refractivity contribution in [3.05, 3.63) is 0 Å². The molecule has 0 radical (unpaired) electrons. The number of urea groups is 1. The van der Waals surface area contributed by atoms with Gasteiger partial charge in [0.25, 0.3) is 0 Å². The van der Waals surface area contributed by atoms with Gasteiger partial charge in [0.15, 0.2) is 0 Å². The second kappa shape index (κ2) is 4.76. The highest BCUT2D eigenvalue weighted by Crippen LogP contribution is 2.34. The van der Waals surface area contributed by atoms with Crippen LogP contribution in [0.1, 0.15) is 32.6 Å². The van der Waals surface area contributed by atoms with Gasteiger partial charge in [0.1, 0.15) is 0 Å². The summed E-state index contributed by atoms with van der Waals surface area (Å²) in [5.41, 5.74) is -0.962. The molecule has 18 heavy (non-hydrogen) atoms. The maximum Gasteiger partial charge on any atom is 0.315 e. The zero-order valence-electron chi connectivity index (χ0n) is 10.6. The minimum atomic E-state index is -0.875. The molecule has 1 saturated carbocycles. The van der Waals surface area contributed by atoms with Crippen molar-refractivity contribution in [2.45, 2.75) is 38.1 Å². The first-order valence-electron chi connectivity index (χ1n) is 6.33. The van der Waals surface area contributed by atoms with Crippen LogP contribution in [0, 0.1) is 5.41 Å². The van der Waals surface area contributed by atoms with Gasteiger partial charge in [-0.2, -0.15) is 0 Å². The highest BCUT2D eigenvalue weighted by atomic mass is 16.5. The van der Waals surface area contributed by atoms with Crippen LogP contribution in [0.4, 0.5) is 4.79 Å². The zero-order valence-corrected chi connectivity index (χ0v) is 10.6. The van der Waals surface area contributed by atoms with Crippen molar-refractivity contribution in [3.63, 3.8) is 0 Å². The summed E-state index contributed by atoms with van der Waals surface area (Å²) in [6.45, 7) is 3.02. The maximum absolute atomic E-state index is 11.7. The number of carbonyl (C=O) groups is 2. The molecule has 6 heteroatoms. The van der Waals surface area contributed by atoms with Gasteiger partial charge in [0, 0.05) is 25.3 Å². The molecule has 2 rings (SSSR count). The van der Waals surface area contributed by atoms with Gasteiger partial charge in [-0.3, -0.25) is 4.79 Å². The van der Waals surface area contributed by atoms with Crippen LogP contribution < -0.4 is 10.6 Å². The number of aliphatic carboxylic acids is 1. The molecule has 6 nitrogen and oxygen atoms in total. The van der Waals surface area contributed by atoms with Crippen molar-refractivity contribution in [3.8, 4) is 0 Å². The van der Waals surface area contributed by atoms with Crippen LogP contribution in [0.5, 0.6) is 0 Å². The van der Waals surface area contributed by atoms with Gasteiger partial charge in [0.05, 0.1) is 5.41 Å². The molecule has 1 aliphatic heterocycles. The van der Waals surface area contributed by atoms with Crippen LogP contribution in [-0.2, 0) is 9.53 Å². The van der Waals surface area contributed by atoms with Crippen molar-refractivity contribution < 1.29 is 19.4 Å². The van der Waals surface area contributed by atoms with Crippen molar-refractivity contribution in [2.24, 2.45) is 5.41 Å². The van der Waals surface area contributed by atoms with Crippen LogP contribution in [0.2, 0.25) is 0 Å². The van der Waals surface area contributed by atoms with Gasteiger partial charge in [-0.15, -0.1) is 0 Å². The Bertz CT molecular complexity index is 346. The van der Waals surface area contributed by atoms with E-state index < -0.39 is 11.4 Å². The van der Waals surface area contributed by atoms with Crippen molar-refractivity contribution in [2.75, 3.05) is 19.8 Å². The first kappa shape index (κ1) is 13.1. The van der Waals surface area contributed by atoms with E-state index >= 15 is 0 Å². The number of amides is 2. The average Bonchev–Trinajstić information content (AvgIpc) is 3.05. The van der Waals surface area contributed by atoms with Gasteiger partial charge < -0.3 is 20.5 Å². The molecular weight excluding hydrogens is 236 g/mol. The summed E-state index contributed by atoms with van der Waals surface area (Å²) in [5, 5.41) is 14.9. The Labute approximate surface area is 106 Å². The Morgan fingerprint density at radius 1 is 1.22 bits per heavy atom. The number of ether oxygens (including phenoxy) is 1. The summed E-state index contributed by atoms with van der Waals surface area (Å²) < 4.78 is 5.18.